The van der Waals surface area contributed by atoms with E-state index in [1.807, 2.05) is 6.92 Å². The largest absolute Gasteiger partial charge is 0.466 e. The summed E-state index contributed by atoms with van der Waals surface area (Å²) < 4.78 is 5.02. The molecule has 0 unspecified atom stereocenters. The standard InChI is InChI=1S/C11H20N2O4/c1-3-17-10(14)9-5-4-8(6-7(9)2)12-13-11(15)16/h7-9,12-13H,3-6H2,1-2H3,(H,15,16)/t7-,8-,9-/m0/s1. The normalized spacial score (nSPS) is 28.5. The van der Waals surface area contributed by atoms with Crippen LogP contribution in [0.1, 0.15) is 33.1 Å². The highest BCUT2D eigenvalue weighted by Gasteiger charge is 2.33. The minimum absolute atomic E-state index is 0.0576. The molecule has 98 valence electrons. The molecule has 6 nitrogen and oxygen atoms in total. The first-order valence-electron chi connectivity index (χ1n) is 5.95. The Bertz CT molecular complexity index is 283. The third-order valence-corrected chi connectivity index (χ3v) is 3.14. The number of hydrogen-bond donors (Lipinski definition) is 3. The predicted molar refractivity (Wildman–Crippen MR) is 61.2 cm³/mol. The maximum atomic E-state index is 11.6. The zero-order valence-electron chi connectivity index (χ0n) is 10.2. The van der Waals surface area contributed by atoms with Gasteiger partial charge in [0.05, 0.1) is 12.5 Å². The van der Waals surface area contributed by atoms with Crippen molar-refractivity contribution in [3.05, 3.63) is 0 Å². The number of esters is 1. The summed E-state index contributed by atoms with van der Waals surface area (Å²) in [7, 11) is 0. The number of nitrogens with one attached hydrogen (secondary N) is 2. The molecule has 3 N–H and O–H groups in total. The van der Waals surface area contributed by atoms with Gasteiger partial charge in [-0.15, -0.1) is 0 Å². The van der Waals surface area contributed by atoms with Gasteiger partial charge in [0, 0.05) is 6.04 Å². The molecular weight excluding hydrogens is 224 g/mol. The average molecular weight is 244 g/mol. The quantitative estimate of drug-likeness (QED) is 0.509. The number of ether oxygens (including phenoxy) is 1. The molecule has 6 heteroatoms. The fourth-order valence-corrected chi connectivity index (χ4v) is 2.29. The Morgan fingerprint density at radius 3 is 2.65 bits per heavy atom. The van der Waals surface area contributed by atoms with E-state index >= 15 is 0 Å². The highest BCUT2D eigenvalue weighted by atomic mass is 16.5. The lowest BCUT2D eigenvalue weighted by atomic mass is 9.78. The van der Waals surface area contributed by atoms with Crippen molar-refractivity contribution < 1.29 is 19.4 Å². The first-order valence-corrected chi connectivity index (χ1v) is 5.95. The van der Waals surface area contributed by atoms with Crippen LogP contribution in [0.25, 0.3) is 0 Å². The van der Waals surface area contributed by atoms with E-state index in [1.54, 1.807) is 6.92 Å². The van der Waals surface area contributed by atoms with Crippen LogP contribution in [0.15, 0.2) is 0 Å². The lowest BCUT2D eigenvalue weighted by Gasteiger charge is -2.32. The molecule has 1 aliphatic rings. The van der Waals surface area contributed by atoms with Crippen LogP contribution in [0, 0.1) is 11.8 Å². The molecule has 1 aliphatic carbocycles. The van der Waals surface area contributed by atoms with E-state index < -0.39 is 6.09 Å². The van der Waals surface area contributed by atoms with Crippen LogP contribution in [0.3, 0.4) is 0 Å². The third kappa shape index (κ3) is 4.22. The second-order valence-corrected chi connectivity index (χ2v) is 4.42. The fraction of sp³-hybridized carbons (Fsp3) is 0.818. The van der Waals surface area contributed by atoms with Gasteiger partial charge in [0.1, 0.15) is 0 Å². The first kappa shape index (κ1) is 13.8. The van der Waals surface area contributed by atoms with Crippen LogP contribution >= 0.6 is 0 Å². The van der Waals surface area contributed by atoms with Gasteiger partial charge in [-0.3, -0.25) is 10.2 Å². The van der Waals surface area contributed by atoms with Gasteiger partial charge in [0.15, 0.2) is 0 Å². The van der Waals surface area contributed by atoms with E-state index in [9.17, 15) is 9.59 Å². The minimum atomic E-state index is -1.09. The van der Waals surface area contributed by atoms with Crippen LogP contribution in [-0.2, 0) is 9.53 Å². The zero-order chi connectivity index (χ0) is 12.8. The number of hydrogen-bond acceptors (Lipinski definition) is 4. The summed E-state index contributed by atoms with van der Waals surface area (Å²) in [6, 6.07) is 0.0896. The molecule has 0 saturated heterocycles. The number of carbonyl (C=O) groups is 2. The topological polar surface area (TPSA) is 87.7 Å². The van der Waals surface area contributed by atoms with E-state index in [4.69, 9.17) is 9.84 Å². The molecule has 0 aromatic heterocycles. The predicted octanol–water partition coefficient (Wildman–Crippen LogP) is 1.13. The molecule has 0 radical (unpaired) electrons. The average Bonchev–Trinajstić information content (AvgIpc) is 2.26. The summed E-state index contributed by atoms with van der Waals surface area (Å²) in [5.41, 5.74) is 4.90. The van der Waals surface area contributed by atoms with Crippen LogP contribution in [-0.4, -0.2) is 29.8 Å². The second-order valence-electron chi connectivity index (χ2n) is 4.42. The molecule has 1 amide bonds. The van der Waals surface area contributed by atoms with Gasteiger partial charge in [0.25, 0.3) is 0 Å². The minimum Gasteiger partial charge on any atom is -0.466 e. The molecule has 0 aromatic carbocycles. The fourth-order valence-electron chi connectivity index (χ4n) is 2.29. The van der Waals surface area contributed by atoms with Crippen molar-refractivity contribution in [3.63, 3.8) is 0 Å². The molecule has 1 rings (SSSR count). The van der Waals surface area contributed by atoms with Crippen molar-refractivity contribution >= 4 is 12.1 Å². The van der Waals surface area contributed by atoms with E-state index in [0.29, 0.717) is 6.61 Å². The Balaban J connectivity index is 2.38. The number of amides is 1. The van der Waals surface area contributed by atoms with E-state index in [0.717, 1.165) is 19.3 Å². The molecule has 17 heavy (non-hydrogen) atoms. The number of carbonyl (C=O) groups excluding carboxylic acids is 1. The molecule has 0 aromatic rings. The van der Waals surface area contributed by atoms with Crippen molar-refractivity contribution in [2.45, 2.75) is 39.2 Å². The van der Waals surface area contributed by atoms with Crippen LogP contribution in [0.5, 0.6) is 0 Å². The SMILES string of the molecule is CCOC(=O)[C@H]1CC[C@H](NNC(=O)O)C[C@@H]1C. The number of carboxylic acid groups (broad SMARTS) is 1. The van der Waals surface area contributed by atoms with Gasteiger partial charge in [0.2, 0.25) is 0 Å². The van der Waals surface area contributed by atoms with Gasteiger partial charge < -0.3 is 9.84 Å². The Hall–Kier alpha value is -1.30. The van der Waals surface area contributed by atoms with Crippen molar-refractivity contribution in [1.29, 1.82) is 0 Å². The Morgan fingerprint density at radius 2 is 2.12 bits per heavy atom. The molecule has 0 aliphatic heterocycles. The summed E-state index contributed by atoms with van der Waals surface area (Å²) >= 11 is 0. The number of rotatable bonds is 4. The van der Waals surface area contributed by atoms with Gasteiger partial charge in [-0.25, -0.2) is 10.2 Å². The van der Waals surface area contributed by atoms with Gasteiger partial charge in [-0.2, -0.15) is 0 Å². The molecule has 3 atom stereocenters. The number of hydrazine groups is 1. The highest BCUT2D eigenvalue weighted by Crippen LogP contribution is 2.30. The van der Waals surface area contributed by atoms with Crippen molar-refractivity contribution in [3.8, 4) is 0 Å². The molecular formula is C11H20N2O4. The molecule has 0 bridgehead atoms. The summed E-state index contributed by atoms with van der Waals surface area (Å²) in [5, 5.41) is 8.47. The summed E-state index contributed by atoms with van der Waals surface area (Å²) in [5.74, 6) is 0.0124. The Morgan fingerprint density at radius 1 is 1.41 bits per heavy atom. The molecule has 0 spiro atoms. The van der Waals surface area contributed by atoms with Crippen molar-refractivity contribution in [1.82, 2.24) is 10.9 Å². The Labute approximate surface area is 101 Å². The van der Waals surface area contributed by atoms with Crippen molar-refractivity contribution in [2.24, 2.45) is 11.8 Å². The third-order valence-electron chi connectivity index (χ3n) is 3.14. The smallest absolute Gasteiger partial charge is 0.419 e. The van der Waals surface area contributed by atoms with Crippen LogP contribution < -0.4 is 10.9 Å². The van der Waals surface area contributed by atoms with E-state index in [1.165, 1.54) is 0 Å². The van der Waals surface area contributed by atoms with Gasteiger partial charge in [-0.05, 0) is 32.1 Å². The van der Waals surface area contributed by atoms with Crippen LogP contribution in [0.2, 0.25) is 0 Å². The molecule has 1 saturated carbocycles. The second kappa shape index (κ2) is 6.44. The first-order chi connectivity index (χ1) is 8.04. The van der Waals surface area contributed by atoms with E-state index in [2.05, 4.69) is 10.9 Å². The monoisotopic (exact) mass is 244 g/mol. The lowest BCUT2D eigenvalue weighted by Crippen LogP contribution is -2.47. The van der Waals surface area contributed by atoms with Gasteiger partial charge >= 0.3 is 12.1 Å². The highest BCUT2D eigenvalue weighted by molar-refractivity contribution is 5.72. The lowest BCUT2D eigenvalue weighted by molar-refractivity contribution is -0.151. The Kier molecular flexibility index (Phi) is 5.21. The summed E-state index contributed by atoms with van der Waals surface area (Å²) in [6.45, 7) is 4.20. The van der Waals surface area contributed by atoms with Gasteiger partial charge in [-0.1, -0.05) is 6.92 Å². The molecule has 0 heterocycles. The van der Waals surface area contributed by atoms with E-state index in [-0.39, 0.29) is 23.8 Å². The maximum absolute atomic E-state index is 11.6. The zero-order valence-corrected chi connectivity index (χ0v) is 10.2. The molecule has 1 fully saturated rings. The van der Waals surface area contributed by atoms with Crippen molar-refractivity contribution in [2.75, 3.05) is 6.61 Å². The summed E-state index contributed by atoms with van der Waals surface area (Å²) in [6.07, 6.45) is 1.18. The maximum Gasteiger partial charge on any atom is 0.419 e. The van der Waals surface area contributed by atoms with Crippen LogP contribution in [0.4, 0.5) is 4.79 Å². The summed E-state index contributed by atoms with van der Waals surface area (Å²) in [4.78, 5) is 22.0.